The third kappa shape index (κ3) is 1.98. The number of pyridine rings is 1. The van der Waals surface area contributed by atoms with Gasteiger partial charge in [-0.05, 0) is 19.1 Å². The Morgan fingerprint density at radius 2 is 2.50 bits per heavy atom. The van der Waals surface area contributed by atoms with Crippen molar-refractivity contribution < 1.29 is 4.74 Å². The minimum atomic E-state index is 0.427. The molecule has 1 aromatic rings. The van der Waals surface area contributed by atoms with Gasteiger partial charge in [0.25, 0.3) is 0 Å². The first-order valence-electron chi connectivity index (χ1n) is 3.68. The molecule has 0 aliphatic heterocycles. The van der Waals surface area contributed by atoms with Crippen LogP contribution in [0, 0.1) is 0 Å². The molecule has 2 nitrogen and oxygen atoms in total. The van der Waals surface area contributed by atoms with E-state index in [-0.39, 0.29) is 0 Å². The fraction of sp³-hybridized carbons (Fsp3) is 0.222. The number of hydrogen-bond acceptors (Lipinski definition) is 2. The van der Waals surface area contributed by atoms with Gasteiger partial charge in [0, 0.05) is 6.20 Å². The second-order valence-electron chi connectivity index (χ2n) is 2.20. The smallest absolute Gasteiger partial charge is 0.139 e. The number of aromatic nitrogens is 1. The minimum Gasteiger partial charge on any atom is -0.494 e. The molecule has 0 unspecified atom stereocenters. The van der Waals surface area contributed by atoms with Crippen molar-refractivity contribution in [3.63, 3.8) is 0 Å². The van der Waals surface area contributed by atoms with Gasteiger partial charge in [-0.2, -0.15) is 0 Å². The van der Waals surface area contributed by atoms with Crippen LogP contribution in [-0.2, 0) is 4.74 Å². The van der Waals surface area contributed by atoms with Gasteiger partial charge in [0.1, 0.15) is 10.9 Å². The molecule has 0 saturated carbocycles. The third-order valence-electron chi connectivity index (χ3n) is 1.38. The average molecular weight is 184 g/mol. The summed E-state index contributed by atoms with van der Waals surface area (Å²) in [4.78, 5) is 3.91. The Morgan fingerprint density at radius 3 is 3.08 bits per heavy atom. The standard InChI is InChI=1S/C9H10ClNO/c1-3-12-7(2)8-5-4-6-11-9(8)10/h4-6H,2-3H2,1H3. The summed E-state index contributed by atoms with van der Waals surface area (Å²) in [5.74, 6) is 0.565. The van der Waals surface area contributed by atoms with Crippen LogP contribution in [0.2, 0.25) is 5.15 Å². The molecule has 0 fully saturated rings. The fourth-order valence-electron chi connectivity index (χ4n) is 0.846. The summed E-state index contributed by atoms with van der Waals surface area (Å²) < 4.78 is 5.19. The van der Waals surface area contributed by atoms with Crippen molar-refractivity contribution in [1.82, 2.24) is 4.98 Å². The van der Waals surface area contributed by atoms with E-state index >= 15 is 0 Å². The highest BCUT2D eigenvalue weighted by atomic mass is 35.5. The monoisotopic (exact) mass is 183 g/mol. The summed E-state index contributed by atoms with van der Waals surface area (Å²) >= 11 is 5.80. The van der Waals surface area contributed by atoms with E-state index in [1.807, 2.05) is 13.0 Å². The Morgan fingerprint density at radius 1 is 1.75 bits per heavy atom. The second kappa shape index (κ2) is 4.12. The minimum absolute atomic E-state index is 0.427. The maximum atomic E-state index is 5.80. The SMILES string of the molecule is C=C(OCC)c1cccnc1Cl. The Balaban J connectivity index is 2.87. The van der Waals surface area contributed by atoms with Gasteiger partial charge in [0.05, 0.1) is 12.2 Å². The Kier molecular flexibility index (Phi) is 3.11. The predicted molar refractivity (Wildman–Crippen MR) is 49.9 cm³/mol. The Labute approximate surface area is 76.8 Å². The first-order chi connectivity index (χ1) is 5.75. The van der Waals surface area contributed by atoms with E-state index in [9.17, 15) is 0 Å². The van der Waals surface area contributed by atoms with E-state index in [2.05, 4.69) is 11.6 Å². The van der Waals surface area contributed by atoms with E-state index in [4.69, 9.17) is 16.3 Å². The Hall–Kier alpha value is -1.02. The largest absolute Gasteiger partial charge is 0.494 e. The van der Waals surface area contributed by atoms with Crippen LogP contribution in [0.5, 0.6) is 0 Å². The third-order valence-corrected chi connectivity index (χ3v) is 1.68. The van der Waals surface area contributed by atoms with E-state index < -0.39 is 0 Å². The van der Waals surface area contributed by atoms with E-state index in [0.717, 1.165) is 5.56 Å². The lowest BCUT2D eigenvalue weighted by molar-refractivity contribution is 0.299. The Bertz CT molecular complexity index is 286. The molecule has 1 heterocycles. The van der Waals surface area contributed by atoms with Crippen LogP contribution in [0.3, 0.4) is 0 Å². The molecule has 3 heteroatoms. The topological polar surface area (TPSA) is 22.1 Å². The highest BCUT2D eigenvalue weighted by Gasteiger charge is 2.03. The molecule has 1 rings (SSSR count). The van der Waals surface area contributed by atoms with Crippen LogP contribution < -0.4 is 0 Å². The van der Waals surface area contributed by atoms with Crippen LogP contribution in [0.15, 0.2) is 24.9 Å². The summed E-state index contributed by atoms with van der Waals surface area (Å²) in [7, 11) is 0. The molecule has 0 atom stereocenters. The molecule has 12 heavy (non-hydrogen) atoms. The number of hydrogen-bond donors (Lipinski definition) is 0. The van der Waals surface area contributed by atoms with Crippen molar-refractivity contribution in [2.75, 3.05) is 6.61 Å². The van der Waals surface area contributed by atoms with Gasteiger partial charge in [0.15, 0.2) is 0 Å². The van der Waals surface area contributed by atoms with Crippen molar-refractivity contribution in [3.8, 4) is 0 Å². The molecule has 0 spiro atoms. The van der Waals surface area contributed by atoms with Crippen LogP contribution in [0.4, 0.5) is 0 Å². The fourth-order valence-corrected chi connectivity index (χ4v) is 1.07. The summed E-state index contributed by atoms with van der Waals surface area (Å²) in [6, 6.07) is 3.62. The lowest BCUT2D eigenvalue weighted by Crippen LogP contribution is -1.91. The normalized spacial score (nSPS) is 9.50. The van der Waals surface area contributed by atoms with Crippen LogP contribution in [-0.4, -0.2) is 11.6 Å². The van der Waals surface area contributed by atoms with Crippen molar-refractivity contribution >= 4 is 17.4 Å². The van der Waals surface area contributed by atoms with Crippen molar-refractivity contribution in [3.05, 3.63) is 35.6 Å². The van der Waals surface area contributed by atoms with Gasteiger partial charge in [0.2, 0.25) is 0 Å². The number of ether oxygens (including phenoxy) is 1. The lowest BCUT2D eigenvalue weighted by Gasteiger charge is -2.06. The van der Waals surface area contributed by atoms with Gasteiger partial charge in [-0.1, -0.05) is 18.2 Å². The van der Waals surface area contributed by atoms with Crippen molar-refractivity contribution in [2.24, 2.45) is 0 Å². The number of nitrogens with zero attached hydrogens (tertiary/aromatic N) is 1. The first-order valence-corrected chi connectivity index (χ1v) is 4.06. The molecule has 0 aliphatic carbocycles. The quantitative estimate of drug-likeness (QED) is 0.531. The summed E-state index contributed by atoms with van der Waals surface area (Å²) in [6.07, 6.45) is 1.63. The van der Waals surface area contributed by atoms with Crippen LogP contribution in [0.1, 0.15) is 12.5 Å². The molecule has 0 aliphatic rings. The van der Waals surface area contributed by atoms with Gasteiger partial charge >= 0.3 is 0 Å². The number of halogens is 1. The van der Waals surface area contributed by atoms with E-state index in [1.165, 1.54) is 0 Å². The molecule has 0 aromatic carbocycles. The van der Waals surface area contributed by atoms with Gasteiger partial charge in [-0.3, -0.25) is 0 Å². The van der Waals surface area contributed by atoms with Gasteiger partial charge in [-0.15, -0.1) is 0 Å². The molecular weight excluding hydrogens is 174 g/mol. The first kappa shape index (κ1) is 9.07. The van der Waals surface area contributed by atoms with E-state index in [1.54, 1.807) is 12.3 Å². The molecule has 64 valence electrons. The second-order valence-corrected chi connectivity index (χ2v) is 2.56. The maximum Gasteiger partial charge on any atom is 0.139 e. The molecule has 0 radical (unpaired) electrons. The van der Waals surface area contributed by atoms with Gasteiger partial charge < -0.3 is 4.74 Å². The summed E-state index contributed by atoms with van der Waals surface area (Å²) in [5, 5.41) is 0.427. The molecule has 1 aromatic heterocycles. The lowest BCUT2D eigenvalue weighted by atomic mass is 10.2. The van der Waals surface area contributed by atoms with Crippen LogP contribution in [0.25, 0.3) is 5.76 Å². The molecular formula is C9H10ClNO. The molecule has 0 saturated heterocycles. The predicted octanol–water partition coefficient (Wildman–Crippen LogP) is 2.74. The zero-order valence-electron chi connectivity index (χ0n) is 6.88. The maximum absolute atomic E-state index is 5.80. The highest BCUT2D eigenvalue weighted by molar-refractivity contribution is 6.31. The van der Waals surface area contributed by atoms with E-state index in [0.29, 0.717) is 17.5 Å². The van der Waals surface area contributed by atoms with Crippen molar-refractivity contribution in [2.45, 2.75) is 6.92 Å². The molecule has 0 bridgehead atoms. The zero-order valence-corrected chi connectivity index (χ0v) is 7.64. The molecule has 0 N–H and O–H groups in total. The summed E-state index contributed by atoms with van der Waals surface area (Å²) in [6.45, 7) is 6.21. The highest BCUT2D eigenvalue weighted by Crippen LogP contribution is 2.20. The molecule has 0 amide bonds. The van der Waals surface area contributed by atoms with Crippen LogP contribution >= 0.6 is 11.6 Å². The average Bonchev–Trinajstić information content (AvgIpc) is 2.05. The number of rotatable bonds is 3. The summed E-state index contributed by atoms with van der Waals surface area (Å²) in [5.41, 5.74) is 0.751. The van der Waals surface area contributed by atoms with Crippen molar-refractivity contribution in [1.29, 1.82) is 0 Å². The zero-order chi connectivity index (χ0) is 8.97. The van der Waals surface area contributed by atoms with Gasteiger partial charge in [-0.25, -0.2) is 4.98 Å².